The summed E-state index contributed by atoms with van der Waals surface area (Å²) in [5, 5.41) is 0. The number of hydrogen-bond donors (Lipinski definition) is 0. The molecule has 0 spiro atoms. The predicted molar refractivity (Wildman–Crippen MR) is 54.9 cm³/mol. The Morgan fingerprint density at radius 2 is 2.31 bits per heavy atom. The molecule has 0 saturated heterocycles. The van der Waals surface area contributed by atoms with Crippen LogP contribution in [0.3, 0.4) is 0 Å². The molecule has 1 nitrogen and oxygen atoms in total. The summed E-state index contributed by atoms with van der Waals surface area (Å²) in [7, 11) is 1.67. The van der Waals surface area contributed by atoms with E-state index in [0.717, 1.165) is 12.2 Å². The number of rotatable bonds is 3. The maximum atomic E-state index is 5.26. The Hall–Kier alpha value is -1.42. The number of hydrogen-bond acceptors (Lipinski definition) is 1. The zero-order valence-corrected chi connectivity index (χ0v) is 8.08. The average Bonchev–Trinajstić information content (AvgIpc) is 2.18. The van der Waals surface area contributed by atoms with Gasteiger partial charge in [0.05, 0.1) is 7.11 Å². The van der Waals surface area contributed by atoms with E-state index in [1.165, 1.54) is 5.56 Å². The number of ether oxygens (including phenoxy) is 1. The fourth-order valence-corrected chi connectivity index (χ4v) is 1.24. The molecule has 0 aliphatic heterocycles. The summed E-state index contributed by atoms with van der Waals surface area (Å²) in [5.74, 6) is 3.96. The molecule has 1 rings (SSSR count). The zero-order valence-electron chi connectivity index (χ0n) is 8.08. The van der Waals surface area contributed by atoms with E-state index in [0.29, 0.717) is 5.92 Å². The summed E-state index contributed by atoms with van der Waals surface area (Å²) in [6.45, 7) is 2.12. The molecule has 13 heavy (non-hydrogen) atoms. The maximum absolute atomic E-state index is 5.26. The fourth-order valence-electron chi connectivity index (χ4n) is 1.24. The Bertz CT molecular complexity index is 309. The Balaban J connectivity index is 2.83. The van der Waals surface area contributed by atoms with Crippen molar-refractivity contribution in [2.24, 2.45) is 0 Å². The lowest BCUT2D eigenvalue weighted by molar-refractivity contribution is 0.414. The van der Waals surface area contributed by atoms with Crippen molar-refractivity contribution in [2.75, 3.05) is 7.11 Å². The van der Waals surface area contributed by atoms with Crippen LogP contribution in [0.15, 0.2) is 24.3 Å². The van der Waals surface area contributed by atoms with E-state index in [2.05, 4.69) is 18.9 Å². The van der Waals surface area contributed by atoms with Crippen molar-refractivity contribution in [3.63, 3.8) is 0 Å². The van der Waals surface area contributed by atoms with E-state index in [1.54, 1.807) is 7.11 Å². The highest BCUT2D eigenvalue weighted by Gasteiger charge is 2.03. The maximum Gasteiger partial charge on any atom is 0.119 e. The van der Waals surface area contributed by atoms with Gasteiger partial charge in [-0.3, -0.25) is 0 Å². The van der Waals surface area contributed by atoms with Gasteiger partial charge in [0.25, 0.3) is 0 Å². The smallest absolute Gasteiger partial charge is 0.119 e. The molecule has 0 saturated carbocycles. The van der Waals surface area contributed by atoms with Gasteiger partial charge in [-0.1, -0.05) is 19.1 Å². The fraction of sp³-hybridized carbons (Fsp3) is 0.333. The normalized spacial score (nSPS) is 11.8. The van der Waals surface area contributed by atoms with Crippen LogP contribution >= 0.6 is 0 Å². The second kappa shape index (κ2) is 4.57. The highest BCUT2D eigenvalue weighted by molar-refractivity contribution is 5.31. The van der Waals surface area contributed by atoms with Crippen molar-refractivity contribution in [1.82, 2.24) is 0 Å². The van der Waals surface area contributed by atoms with E-state index in [4.69, 9.17) is 11.2 Å². The molecule has 68 valence electrons. The van der Waals surface area contributed by atoms with Gasteiger partial charge in [0.1, 0.15) is 5.75 Å². The molecule has 0 amide bonds. The molecule has 0 aromatic heterocycles. The molecule has 0 aliphatic rings. The summed E-state index contributed by atoms with van der Waals surface area (Å²) < 4.78 is 5.13. The topological polar surface area (TPSA) is 9.23 Å². The largest absolute Gasteiger partial charge is 0.497 e. The first-order chi connectivity index (χ1) is 6.27. The molecule has 1 unspecified atom stereocenters. The minimum Gasteiger partial charge on any atom is -0.497 e. The van der Waals surface area contributed by atoms with E-state index < -0.39 is 0 Å². The molecule has 0 aliphatic carbocycles. The van der Waals surface area contributed by atoms with Crippen LogP contribution in [0.5, 0.6) is 5.75 Å². The third kappa shape index (κ3) is 2.52. The van der Waals surface area contributed by atoms with Gasteiger partial charge >= 0.3 is 0 Å². The minimum atomic E-state index is 0.403. The van der Waals surface area contributed by atoms with Gasteiger partial charge < -0.3 is 4.74 Å². The van der Waals surface area contributed by atoms with Crippen molar-refractivity contribution >= 4 is 0 Å². The molecular weight excluding hydrogens is 160 g/mol. The zero-order chi connectivity index (χ0) is 9.68. The van der Waals surface area contributed by atoms with Crippen LogP contribution < -0.4 is 4.74 Å². The van der Waals surface area contributed by atoms with Crippen molar-refractivity contribution in [1.29, 1.82) is 0 Å². The molecule has 0 radical (unpaired) electrons. The number of benzene rings is 1. The van der Waals surface area contributed by atoms with Gasteiger partial charge in [-0.05, 0) is 23.6 Å². The molecule has 0 heterocycles. The van der Waals surface area contributed by atoms with Crippen LogP contribution in [0.4, 0.5) is 0 Å². The monoisotopic (exact) mass is 174 g/mol. The summed E-state index contributed by atoms with van der Waals surface area (Å²) in [5.41, 5.74) is 1.23. The van der Waals surface area contributed by atoms with Gasteiger partial charge in [-0.2, -0.15) is 0 Å². The van der Waals surface area contributed by atoms with Crippen molar-refractivity contribution in [3.8, 4) is 18.1 Å². The number of methoxy groups -OCH3 is 1. The predicted octanol–water partition coefficient (Wildman–Crippen LogP) is 2.82. The molecule has 0 fully saturated rings. The van der Waals surface area contributed by atoms with Crippen molar-refractivity contribution in [3.05, 3.63) is 29.8 Å². The van der Waals surface area contributed by atoms with Gasteiger partial charge in [0, 0.05) is 6.42 Å². The second-order valence-electron chi connectivity index (χ2n) is 3.09. The first-order valence-electron chi connectivity index (χ1n) is 4.35. The summed E-state index contributed by atoms with van der Waals surface area (Å²) in [6, 6.07) is 8.03. The summed E-state index contributed by atoms with van der Waals surface area (Å²) >= 11 is 0. The van der Waals surface area contributed by atoms with Gasteiger partial charge in [0.15, 0.2) is 0 Å². The Labute approximate surface area is 79.7 Å². The van der Waals surface area contributed by atoms with Gasteiger partial charge in [-0.25, -0.2) is 0 Å². The Morgan fingerprint density at radius 3 is 2.92 bits per heavy atom. The van der Waals surface area contributed by atoms with Crippen LogP contribution in [-0.2, 0) is 0 Å². The lowest BCUT2D eigenvalue weighted by atomic mass is 9.98. The van der Waals surface area contributed by atoms with E-state index in [-0.39, 0.29) is 0 Å². The SMILES string of the molecule is C#CCC(C)c1cccc(OC)c1. The van der Waals surface area contributed by atoms with Crippen molar-refractivity contribution in [2.45, 2.75) is 19.3 Å². The highest BCUT2D eigenvalue weighted by atomic mass is 16.5. The van der Waals surface area contributed by atoms with Gasteiger partial charge in [0.2, 0.25) is 0 Å². The first kappa shape index (κ1) is 9.67. The van der Waals surface area contributed by atoms with E-state index in [1.807, 2.05) is 18.2 Å². The number of terminal acetylenes is 1. The molecule has 0 N–H and O–H groups in total. The molecule has 1 aromatic carbocycles. The average molecular weight is 174 g/mol. The molecule has 1 atom stereocenters. The third-order valence-electron chi connectivity index (χ3n) is 2.09. The lowest BCUT2D eigenvalue weighted by Crippen LogP contribution is -1.92. The van der Waals surface area contributed by atoms with Crippen molar-refractivity contribution < 1.29 is 4.74 Å². The Morgan fingerprint density at radius 1 is 1.54 bits per heavy atom. The third-order valence-corrected chi connectivity index (χ3v) is 2.09. The van der Waals surface area contributed by atoms with Crippen LogP contribution in [0.1, 0.15) is 24.8 Å². The molecule has 1 aromatic rings. The molecule has 1 heteroatoms. The van der Waals surface area contributed by atoms with Gasteiger partial charge in [-0.15, -0.1) is 12.3 Å². The summed E-state index contributed by atoms with van der Waals surface area (Å²) in [4.78, 5) is 0. The van der Waals surface area contributed by atoms with Crippen LogP contribution in [0, 0.1) is 12.3 Å². The van der Waals surface area contributed by atoms with E-state index >= 15 is 0 Å². The second-order valence-corrected chi connectivity index (χ2v) is 3.09. The standard InChI is InChI=1S/C12H14O/c1-4-6-10(2)11-7-5-8-12(9-11)13-3/h1,5,7-10H,6H2,2-3H3. The lowest BCUT2D eigenvalue weighted by Gasteiger charge is -2.09. The van der Waals surface area contributed by atoms with Crippen LogP contribution in [0.2, 0.25) is 0 Å². The quantitative estimate of drug-likeness (QED) is 0.640. The molecule has 0 bridgehead atoms. The van der Waals surface area contributed by atoms with Crippen LogP contribution in [-0.4, -0.2) is 7.11 Å². The summed E-state index contributed by atoms with van der Waals surface area (Å²) in [6.07, 6.45) is 6.03. The van der Waals surface area contributed by atoms with Crippen LogP contribution in [0.25, 0.3) is 0 Å². The van der Waals surface area contributed by atoms with E-state index in [9.17, 15) is 0 Å². The molecular formula is C12H14O. The first-order valence-corrected chi connectivity index (χ1v) is 4.35. The Kier molecular flexibility index (Phi) is 3.40. The highest BCUT2D eigenvalue weighted by Crippen LogP contribution is 2.22. The minimum absolute atomic E-state index is 0.403.